The lowest BCUT2D eigenvalue weighted by atomic mass is 10.1. The normalized spacial score (nSPS) is 10.4. The molecular formula is C15H16N2OS. The van der Waals surface area contributed by atoms with Gasteiger partial charge in [-0.1, -0.05) is 12.1 Å². The summed E-state index contributed by atoms with van der Waals surface area (Å²) in [5.74, 6) is 0.451. The molecule has 0 radical (unpaired) electrons. The molecule has 0 aliphatic carbocycles. The summed E-state index contributed by atoms with van der Waals surface area (Å²) in [5, 5.41) is 0. The van der Waals surface area contributed by atoms with Crippen LogP contribution in [0.1, 0.15) is 21.5 Å². The van der Waals surface area contributed by atoms with Crippen LogP contribution in [0.5, 0.6) is 0 Å². The van der Waals surface area contributed by atoms with Gasteiger partial charge >= 0.3 is 0 Å². The van der Waals surface area contributed by atoms with Gasteiger partial charge in [-0.05, 0) is 48.4 Å². The molecule has 1 amide bonds. The minimum absolute atomic E-state index is 0.391. The summed E-state index contributed by atoms with van der Waals surface area (Å²) in [6.07, 6.45) is 0. The summed E-state index contributed by atoms with van der Waals surface area (Å²) >= 11 is 1.72. The molecule has 0 spiro atoms. The van der Waals surface area contributed by atoms with Gasteiger partial charge in [0.1, 0.15) is 0 Å². The Bertz CT molecular complexity index is 611. The van der Waals surface area contributed by atoms with Crippen molar-refractivity contribution in [2.45, 2.75) is 17.6 Å². The van der Waals surface area contributed by atoms with Crippen LogP contribution in [0.3, 0.4) is 0 Å². The van der Waals surface area contributed by atoms with E-state index in [9.17, 15) is 4.79 Å². The topological polar surface area (TPSA) is 69.1 Å². The number of anilines is 1. The lowest BCUT2D eigenvalue weighted by molar-refractivity contribution is 0.1000. The first-order valence-electron chi connectivity index (χ1n) is 5.94. The van der Waals surface area contributed by atoms with Crippen molar-refractivity contribution in [2.24, 2.45) is 5.73 Å². The van der Waals surface area contributed by atoms with Crippen molar-refractivity contribution in [3.05, 3.63) is 59.2 Å². The van der Waals surface area contributed by atoms with Crippen molar-refractivity contribution in [1.29, 1.82) is 0 Å². The molecule has 2 aromatic carbocycles. The number of thioether (sulfide) groups is 1. The van der Waals surface area contributed by atoms with E-state index in [0.717, 1.165) is 21.9 Å². The molecule has 2 aromatic rings. The molecule has 0 bridgehead atoms. The largest absolute Gasteiger partial charge is 0.399 e. The molecule has 4 heteroatoms. The van der Waals surface area contributed by atoms with Crippen LogP contribution in [0.15, 0.2) is 47.4 Å². The lowest BCUT2D eigenvalue weighted by Gasteiger charge is -2.07. The van der Waals surface area contributed by atoms with Crippen molar-refractivity contribution in [1.82, 2.24) is 0 Å². The summed E-state index contributed by atoms with van der Waals surface area (Å²) in [7, 11) is 0. The quantitative estimate of drug-likeness (QED) is 0.664. The molecule has 0 saturated carbocycles. The molecule has 0 aliphatic heterocycles. The minimum Gasteiger partial charge on any atom is -0.399 e. The van der Waals surface area contributed by atoms with Crippen LogP contribution in [-0.4, -0.2) is 5.91 Å². The zero-order valence-corrected chi connectivity index (χ0v) is 11.5. The number of benzene rings is 2. The third kappa shape index (κ3) is 3.51. The van der Waals surface area contributed by atoms with Crippen molar-refractivity contribution in [3.63, 3.8) is 0 Å². The number of rotatable bonds is 4. The summed E-state index contributed by atoms with van der Waals surface area (Å²) < 4.78 is 0. The van der Waals surface area contributed by atoms with Gasteiger partial charge in [-0.15, -0.1) is 11.8 Å². The summed E-state index contributed by atoms with van der Waals surface area (Å²) in [6, 6.07) is 13.4. The predicted octanol–water partition coefficient (Wildman–Crippen LogP) is 2.97. The number of hydrogen-bond acceptors (Lipinski definition) is 3. The number of carbonyl (C=O) groups excluding carboxylic acids is 1. The fourth-order valence-electron chi connectivity index (χ4n) is 1.78. The van der Waals surface area contributed by atoms with Crippen molar-refractivity contribution in [2.75, 3.05) is 5.73 Å². The minimum atomic E-state index is -0.391. The molecule has 19 heavy (non-hydrogen) atoms. The molecule has 3 nitrogen and oxygen atoms in total. The monoisotopic (exact) mass is 272 g/mol. The molecule has 0 fully saturated rings. The maximum absolute atomic E-state index is 11.1. The Labute approximate surface area is 117 Å². The van der Waals surface area contributed by atoms with E-state index in [1.165, 1.54) is 5.56 Å². The number of hydrogen-bond donors (Lipinski definition) is 2. The average Bonchev–Trinajstić information content (AvgIpc) is 2.37. The average molecular weight is 272 g/mol. The van der Waals surface area contributed by atoms with Gasteiger partial charge in [0.05, 0.1) is 0 Å². The van der Waals surface area contributed by atoms with Crippen molar-refractivity contribution >= 4 is 23.4 Å². The molecule has 0 atom stereocenters. The second-order valence-corrected chi connectivity index (χ2v) is 5.42. The Hall–Kier alpha value is -1.94. The number of carbonyl (C=O) groups is 1. The molecule has 98 valence electrons. The smallest absolute Gasteiger partial charge is 0.248 e. The van der Waals surface area contributed by atoms with Crippen LogP contribution in [0.25, 0.3) is 0 Å². The third-order valence-corrected chi connectivity index (χ3v) is 3.92. The molecule has 4 N–H and O–H groups in total. The zero-order chi connectivity index (χ0) is 13.8. The van der Waals surface area contributed by atoms with Crippen LogP contribution < -0.4 is 11.5 Å². The van der Waals surface area contributed by atoms with E-state index in [-0.39, 0.29) is 0 Å². The van der Waals surface area contributed by atoms with E-state index in [1.807, 2.05) is 43.3 Å². The van der Waals surface area contributed by atoms with Crippen molar-refractivity contribution < 1.29 is 4.79 Å². The molecule has 0 unspecified atom stereocenters. The van der Waals surface area contributed by atoms with Gasteiger partial charge in [-0.3, -0.25) is 4.79 Å². The standard InChI is InChI=1S/C15H16N2OS/c1-10-7-11(15(17)18)5-6-12(10)9-19-14-4-2-3-13(16)8-14/h2-8H,9,16H2,1H3,(H2,17,18). The van der Waals surface area contributed by atoms with Crippen LogP contribution in [0, 0.1) is 6.92 Å². The highest BCUT2D eigenvalue weighted by Crippen LogP contribution is 2.26. The van der Waals surface area contributed by atoms with Crippen LogP contribution >= 0.6 is 11.8 Å². The molecule has 0 saturated heterocycles. The first-order valence-corrected chi connectivity index (χ1v) is 6.92. The summed E-state index contributed by atoms with van der Waals surface area (Å²) in [5.41, 5.74) is 14.6. The van der Waals surface area contributed by atoms with Gasteiger partial charge in [0.25, 0.3) is 0 Å². The Morgan fingerprint density at radius 3 is 2.63 bits per heavy atom. The van der Waals surface area contributed by atoms with E-state index in [0.29, 0.717) is 5.56 Å². The zero-order valence-electron chi connectivity index (χ0n) is 10.7. The number of nitrogen functional groups attached to an aromatic ring is 1. The first-order chi connectivity index (χ1) is 9.06. The fraction of sp³-hybridized carbons (Fsp3) is 0.133. The maximum atomic E-state index is 11.1. The highest BCUT2D eigenvalue weighted by Gasteiger charge is 2.05. The Morgan fingerprint density at radius 1 is 1.21 bits per heavy atom. The SMILES string of the molecule is Cc1cc(C(N)=O)ccc1CSc1cccc(N)c1. The van der Waals surface area contributed by atoms with Gasteiger partial charge in [-0.25, -0.2) is 0 Å². The maximum Gasteiger partial charge on any atom is 0.248 e. The van der Waals surface area contributed by atoms with E-state index >= 15 is 0 Å². The molecular weight excluding hydrogens is 256 g/mol. The van der Waals surface area contributed by atoms with E-state index in [2.05, 4.69) is 0 Å². The second kappa shape index (κ2) is 5.80. The van der Waals surface area contributed by atoms with Gasteiger partial charge in [0.2, 0.25) is 5.91 Å². The number of nitrogens with two attached hydrogens (primary N) is 2. The Morgan fingerprint density at radius 2 is 2.00 bits per heavy atom. The Balaban J connectivity index is 2.10. The van der Waals surface area contributed by atoms with E-state index < -0.39 is 5.91 Å². The van der Waals surface area contributed by atoms with E-state index in [1.54, 1.807) is 17.8 Å². The molecule has 0 aromatic heterocycles. The Kier molecular flexibility index (Phi) is 4.12. The van der Waals surface area contributed by atoms with Crippen LogP contribution in [-0.2, 0) is 5.75 Å². The van der Waals surface area contributed by atoms with E-state index in [4.69, 9.17) is 11.5 Å². The molecule has 2 rings (SSSR count). The second-order valence-electron chi connectivity index (χ2n) is 4.37. The summed E-state index contributed by atoms with van der Waals surface area (Å²) in [4.78, 5) is 12.2. The van der Waals surface area contributed by atoms with Gasteiger partial charge < -0.3 is 11.5 Å². The van der Waals surface area contributed by atoms with Gasteiger partial charge in [-0.2, -0.15) is 0 Å². The third-order valence-electron chi connectivity index (χ3n) is 2.88. The molecule has 0 aliphatic rings. The molecule has 0 heterocycles. The lowest BCUT2D eigenvalue weighted by Crippen LogP contribution is -2.11. The number of aryl methyl sites for hydroxylation is 1. The predicted molar refractivity (Wildman–Crippen MR) is 80.1 cm³/mol. The summed E-state index contributed by atoms with van der Waals surface area (Å²) in [6.45, 7) is 1.99. The van der Waals surface area contributed by atoms with Gasteiger partial charge in [0.15, 0.2) is 0 Å². The van der Waals surface area contributed by atoms with Crippen molar-refractivity contribution in [3.8, 4) is 0 Å². The highest BCUT2D eigenvalue weighted by molar-refractivity contribution is 7.98. The first kappa shape index (κ1) is 13.5. The van der Waals surface area contributed by atoms with Crippen LogP contribution in [0.4, 0.5) is 5.69 Å². The highest BCUT2D eigenvalue weighted by atomic mass is 32.2. The number of primary amides is 1. The fourth-order valence-corrected chi connectivity index (χ4v) is 2.82. The number of amides is 1. The van der Waals surface area contributed by atoms with Gasteiger partial charge in [0, 0.05) is 21.9 Å². The van der Waals surface area contributed by atoms with Crippen LogP contribution in [0.2, 0.25) is 0 Å².